The first-order chi connectivity index (χ1) is 9.19. The van der Waals surface area contributed by atoms with Gasteiger partial charge in [0.15, 0.2) is 6.10 Å². The average molecular weight is 262 g/mol. The lowest BCUT2D eigenvalue weighted by molar-refractivity contribution is -0.127. The van der Waals surface area contributed by atoms with Gasteiger partial charge in [0.05, 0.1) is 5.56 Å². The van der Waals surface area contributed by atoms with Gasteiger partial charge in [-0.05, 0) is 31.9 Å². The third-order valence-electron chi connectivity index (χ3n) is 2.56. The van der Waals surface area contributed by atoms with Crippen LogP contribution in [0.5, 0.6) is 5.75 Å². The summed E-state index contributed by atoms with van der Waals surface area (Å²) in [5, 5.41) is 20.3. The van der Waals surface area contributed by atoms with E-state index in [2.05, 4.69) is 5.32 Å². The van der Waals surface area contributed by atoms with E-state index in [1.807, 2.05) is 6.07 Å². The van der Waals surface area contributed by atoms with E-state index in [9.17, 15) is 4.79 Å². The highest BCUT2D eigenvalue weighted by molar-refractivity contribution is 5.80. The molecule has 0 saturated heterocycles. The monoisotopic (exact) mass is 262 g/mol. The Labute approximate surface area is 112 Å². The van der Waals surface area contributed by atoms with Crippen LogP contribution in [0.25, 0.3) is 0 Å². The molecule has 0 heterocycles. The Morgan fingerprint density at radius 1 is 1.47 bits per heavy atom. The molecular weight excluding hydrogens is 244 g/mol. The van der Waals surface area contributed by atoms with Crippen LogP contribution < -0.4 is 10.1 Å². The molecule has 5 nitrogen and oxygen atoms in total. The zero-order valence-electron chi connectivity index (χ0n) is 10.9. The quantitative estimate of drug-likeness (QED) is 0.724. The molecule has 0 saturated carbocycles. The summed E-state index contributed by atoms with van der Waals surface area (Å²) in [5.74, 6) is 0.175. The van der Waals surface area contributed by atoms with Crippen molar-refractivity contribution in [2.75, 3.05) is 13.2 Å². The number of rotatable bonds is 7. The van der Waals surface area contributed by atoms with Crippen LogP contribution in [-0.4, -0.2) is 30.3 Å². The summed E-state index contributed by atoms with van der Waals surface area (Å²) in [5.41, 5.74) is 0.405. The van der Waals surface area contributed by atoms with Crippen molar-refractivity contribution in [3.63, 3.8) is 0 Å². The van der Waals surface area contributed by atoms with Crippen LogP contribution in [0.4, 0.5) is 0 Å². The highest BCUT2D eigenvalue weighted by Crippen LogP contribution is 2.18. The summed E-state index contributed by atoms with van der Waals surface area (Å²) < 4.78 is 5.47. The number of carbonyl (C=O) groups is 1. The first kappa shape index (κ1) is 15.0. The number of aliphatic hydroxyl groups is 1. The number of nitriles is 1. The molecule has 2 N–H and O–H groups in total. The van der Waals surface area contributed by atoms with Crippen molar-refractivity contribution in [3.05, 3.63) is 29.8 Å². The van der Waals surface area contributed by atoms with Crippen molar-refractivity contribution in [3.8, 4) is 11.8 Å². The van der Waals surface area contributed by atoms with E-state index in [-0.39, 0.29) is 12.5 Å². The summed E-state index contributed by atoms with van der Waals surface area (Å²) in [6, 6.07) is 8.81. The fourth-order valence-electron chi connectivity index (χ4n) is 1.50. The molecule has 19 heavy (non-hydrogen) atoms. The van der Waals surface area contributed by atoms with Gasteiger partial charge in [0.2, 0.25) is 0 Å². The molecule has 1 atom stereocenters. The molecule has 0 aliphatic heterocycles. The Bertz CT molecular complexity index is 454. The highest BCUT2D eigenvalue weighted by atomic mass is 16.5. The lowest BCUT2D eigenvalue weighted by Crippen LogP contribution is -2.37. The fraction of sp³-hybridized carbons (Fsp3) is 0.429. The maximum atomic E-state index is 11.7. The van der Waals surface area contributed by atoms with Crippen molar-refractivity contribution in [1.82, 2.24) is 5.32 Å². The largest absolute Gasteiger partial charge is 0.480 e. The summed E-state index contributed by atoms with van der Waals surface area (Å²) in [6.07, 6.45) is 0.722. The molecule has 1 rings (SSSR count). The van der Waals surface area contributed by atoms with E-state index in [1.165, 1.54) is 0 Å². The van der Waals surface area contributed by atoms with E-state index < -0.39 is 6.10 Å². The van der Waals surface area contributed by atoms with Gasteiger partial charge in [0, 0.05) is 13.2 Å². The number of benzene rings is 1. The maximum Gasteiger partial charge on any atom is 0.260 e. The summed E-state index contributed by atoms with van der Waals surface area (Å²) in [4.78, 5) is 11.7. The van der Waals surface area contributed by atoms with Crippen molar-refractivity contribution < 1.29 is 14.6 Å². The summed E-state index contributed by atoms with van der Waals surface area (Å²) >= 11 is 0. The fourth-order valence-corrected chi connectivity index (χ4v) is 1.50. The molecule has 1 amide bonds. The van der Waals surface area contributed by atoms with Gasteiger partial charge in [-0.2, -0.15) is 5.26 Å². The van der Waals surface area contributed by atoms with Gasteiger partial charge in [-0.1, -0.05) is 12.1 Å². The molecule has 0 fully saturated rings. The number of hydrogen-bond acceptors (Lipinski definition) is 4. The lowest BCUT2D eigenvalue weighted by Gasteiger charge is -2.15. The van der Waals surface area contributed by atoms with Gasteiger partial charge in [-0.15, -0.1) is 0 Å². The van der Waals surface area contributed by atoms with Gasteiger partial charge < -0.3 is 15.2 Å². The van der Waals surface area contributed by atoms with E-state index in [4.69, 9.17) is 15.1 Å². The molecule has 0 spiro atoms. The first-order valence-electron chi connectivity index (χ1n) is 6.23. The van der Waals surface area contributed by atoms with Gasteiger partial charge >= 0.3 is 0 Å². The van der Waals surface area contributed by atoms with E-state index >= 15 is 0 Å². The number of ether oxygens (including phenoxy) is 1. The Kier molecular flexibility index (Phi) is 6.41. The minimum absolute atomic E-state index is 0.122. The molecule has 0 aliphatic carbocycles. The minimum Gasteiger partial charge on any atom is -0.480 e. The molecule has 0 radical (unpaired) electrons. The van der Waals surface area contributed by atoms with Crippen LogP contribution in [0.15, 0.2) is 24.3 Å². The third-order valence-corrected chi connectivity index (χ3v) is 2.56. The number of amides is 1. The van der Waals surface area contributed by atoms with Gasteiger partial charge in [0.25, 0.3) is 5.91 Å². The molecule has 1 aromatic carbocycles. The normalized spacial score (nSPS) is 11.4. The topological polar surface area (TPSA) is 82.3 Å². The standard InChI is InChI=1S/C14H18N2O3/c1-11(14(18)16-8-4-5-9-17)19-13-7-3-2-6-12(13)10-15/h2-3,6-7,11,17H,4-5,8-9H2,1H3,(H,16,18). The Morgan fingerprint density at radius 2 is 2.21 bits per heavy atom. The molecule has 0 aliphatic rings. The van der Waals surface area contributed by atoms with Crippen LogP contribution >= 0.6 is 0 Å². The van der Waals surface area contributed by atoms with Gasteiger partial charge in [-0.25, -0.2) is 0 Å². The number of para-hydroxylation sites is 1. The summed E-state index contributed by atoms with van der Waals surface area (Å²) in [7, 11) is 0. The van der Waals surface area contributed by atoms with Crippen LogP contribution in [0.2, 0.25) is 0 Å². The zero-order chi connectivity index (χ0) is 14.1. The minimum atomic E-state index is -0.663. The number of carbonyl (C=O) groups excluding carboxylic acids is 1. The van der Waals surface area contributed by atoms with E-state index in [1.54, 1.807) is 31.2 Å². The second-order valence-corrected chi connectivity index (χ2v) is 4.09. The molecule has 0 bridgehead atoms. The SMILES string of the molecule is CC(Oc1ccccc1C#N)C(=O)NCCCCO. The average Bonchev–Trinajstić information content (AvgIpc) is 2.44. The number of nitrogens with zero attached hydrogens (tertiary/aromatic N) is 1. The predicted octanol–water partition coefficient (Wildman–Crippen LogP) is 1.21. The number of hydrogen-bond donors (Lipinski definition) is 2. The molecular formula is C14H18N2O3. The number of aliphatic hydroxyl groups excluding tert-OH is 1. The van der Waals surface area contributed by atoms with Crippen molar-refractivity contribution in [1.29, 1.82) is 5.26 Å². The van der Waals surface area contributed by atoms with Crippen LogP contribution in [0.3, 0.4) is 0 Å². The van der Waals surface area contributed by atoms with Gasteiger partial charge in [-0.3, -0.25) is 4.79 Å². The number of unbranched alkanes of at least 4 members (excludes halogenated alkanes) is 1. The van der Waals surface area contributed by atoms with Gasteiger partial charge in [0.1, 0.15) is 11.8 Å². The number of nitrogens with one attached hydrogen (secondary N) is 1. The Balaban J connectivity index is 2.48. The smallest absolute Gasteiger partial charge is 0.260 e. The molecule has 1 aromatic rings. The Hall–Kier alpha value is -2.06. The van der Waals surface area contributed by atoms with Crippen molar-refractivity contribution >= 4 is 5.91 Å². The second-order valence-electron chi connectivity index (χ2n) is 4.09. The lowest BCUT2D eigenvalue weighted by atomic mass is 10.2. The third kappa shape index (κ3) is 4.98. The predicted molar refractivity (Wildman–Crippen MR) is 70.6 cm³/mol. The second kappa shape index (κ2) is 8.11. The van der Waals surface area contributed by atoms with Crippen LogP contribution in [0.1, 0.15) is 25.3 Å². The van der Waals surface area contributed by atoms with Crippen molar-refractivity contribution in [2.45, 2.75) is 25.9 Å². The Morgan fingerprint density at radius 3 is 2.89 bits per heavy atom. The maximum absolute atomic E-state index is 11.7. The van der Waals surface area contributed by atoms with E-state index in [0.717, 1.165) is 6.42 Å². The highest BCUT2D eigenvalue weighted by Gasteiger charge is 2.15. The van der Waals surface area contributed by atoms with Crippen molar-refractivity contribution in [2.24, 2.45) is 0 Å². The molecule has 0 aromatic heterocycles. The molecule has 1 unspecified atom stereocenters. The first-order valence-corrected chi connectivity index (χ1v) is 6.23. The molecule has 102 valence electrons. The zero-order valence-corrected chi connectivity index (χ0v) is 10.9. The summed E-state index contributed by atoms with van der Waals surface area (Å²) in [6.45, 7) is 2.26. The van der Waals surface area contributed by atoms with Crippen LogP contribution in [0, 0.1) is 11.3 Å². The van der Waals surface area contributed by atoms with E-state index in [0.29, 0.717) is 24.3 Å². The van der Waals surface area contributed by atoms with Crippen LogP contribution in [-0.2, 0) is 4.79 Å². The molecule has 5 heteroatoms.